The number of rotatable bonds is 2. The first-order valence-electron chi connectivity index (χ1n) is 8.01. The highest BCUT2D eigenvalue weighted by Gasteiger charge is 2.32. The highest BCUT2D eigenvalue weighted by atomic mass is 35.5. The maximum atomic E-state index is 12.9. The van der Waals surface area contributed by atoms with Gasteiger partial charge in [0.2, 0.25) is 9.84 Å². The molecule has 132 valence electrons. The van der Waals surface area contributed by atoms with Gasteiger partial charge < -0.3 is 9.73 Å². The highest BCUT2D eigenvalue weighted by Crippen LogP contribution is 2.38. The number of furan rings is 1. The third kappa shape index (κ3) is 2.86. The van der Waals surface area contributed by atoms with Crippen molar-refractivity contribution in [2.24, 2.45) is 0 Å². The summed E-state index contributed by atoms with van der Waals surface area (Å²) >= 11 is 0. The Balaban J connectivity index is 0.00000182. The summed E-state index contributed by atoms with van der Waals surface area (Å²) in [5.41, 5.74) is 1.56. The third-order valence-electron chi connectivity index (χ3n) is 4.64. The van der Waals surface area contributed by atoms with E-state index in [4.69, 9.17) is 4.42 Å². The second-order valence-electron chi connectivity index (χ2n) is 6.68. The Morgan fingerprint density at radius 1 is 1.04 bits per heavy atom. The van der Waals surface area contributed by atoms with Crippen LogP contribution >= 0.6 is 12.4 Å². The van der Waals surface area contributed by atoms with E-state index in [9.17, 15) is 8.42 Å². The lowest BCUT2D eigenvalue weighted by Gasteiger charge is -2.31. The lowest BCUT2D eigenvalue weighted by molar-refractivity contribution is 0.358. The van der Waals surface area contributed by atoms with Crippen molar-refractivity contribution in [3.05, 3.63) is 59.9 Å². The molecule has 0 amide bonds. The lowest BCUT2D eigenvalue weighted by Crippen LogP contribution is -2.41. The molecule has 4 rings (SSSR count). The molecule has 0 saturated heterocycles. The average molecular weight is 378 g/mol. The van der Waals surface area contributed by atoms with E-state index in [1.807, 2.05) is 6.07 Å². The van der Waals surface area contributed by atoms with Crippen molar-refractivity contribution in [1.82, 2.24) is 5.32 Å². The number of benzene rings is 2. The van der Waals surface area contributed by atoms with Crippen molar-refractivity contribution in [2.45, 2.75) is 35.6 Å². The fourth-order valence-electron chi connectivity index (χ4n) is 3.47. The molecule has 0 fully saturated rings. The Morgan fingerprint density at radius 2 is 1.76 bits per heavy atom. The lowest BCUT2D eigenvalue weighted by atomic mass is 9.88. The van der Waals surface area contributed by atoms with E-state index in [1.54, 1.807) is 42.5 Å². The molecule has 2 heterocycles. The van der Waals surface area contributed by atoms with E-state index in [0.717, 1.165) is 35.3 Å². The van der Waals surface area contributed by atoms with E-state index >= 15 is 0 Å². The van der Waals surface area contributed by atoms with Crippen molar-refractivity contribution in [3.63, 3.8) is 0 Å². The first-order valence-corrected chi connectivity index (χ1v) is 9.49. The highest BCUT2D eigenvalue weighted by molar-refractivity contribution is 7.91. The minimum absolute atomic E-state index is 0. The smallest absolute Gasteiger partial charge is 0.206 e. The van der Waals surface area contributed by atoms with Gasteiger partial charge in [-0.1, -0.05) is 18.2 Å². The number of nitrogens with one attached hydrogen (secondary N) is 1. The van der Waals surface area contributed by atoms with Crippen LogP contribution in [0, 0.1) is 0 Å². The van der Waals surface area contributed by atoms with Gasteiger partial charge in [-0.25, -0.2) is 8.42 Å². The van der Waals surface area contributed by atoms with Crippen LogP contribution < -0.4 is 5.32 Å². The van der Waals surface area contributed by atoms with Crippen LogP contribution in [0.15, 0.2) is 62.7 Å². The summed E-state index contributed by atoms with van der Waals surface area (Å²) in [7, 11) is -3.53. The summed E-state index contributed by atoms with van der Waals surface area (Å²) in [5.74, 6) is 0.947. The summed E-state index contributed by atoms with van der Waals surface area (Å²) in [6.07, 6.45) is 0.814. The molecule has 4 nitrogen and oxygen atoms in total. The predicted molar refractivity (Wildman–Crippen MR) is 100 cm³/mol. The van der Waals surface area contributed by atoms with E-state index < -0.39 is 9.84 Å². The molecule has 3 aromatic rings. The maximum Gasteiger partial charge on any atom is 0.206 e. The molecule has 0 atom stereocenters. The molecule has 0 unspecified atom stereocenters. The standard InChI is InChI=1S/C19H19NO3S.ClH/c1-19(2)18-15-12-14(24(21,22)13-6-4-3-5-7-13)8-9-16(15)23-17(18)10-11-20-19;/h3-9,12,20H,10-11H2,1-2H3;1H. The Kier molecular flexibility index (Phi) is 4.43. The first-order chi connectivity index (χ1) is 11.4. The molecule has 0 radical (unpaired) electrons. The van der Waals surface area contributed by atoms with E-state index in [-0.39, 0.29) is 17.9 Å². The van der Waals surface area contributed by atoms with Crippen molar-refractivity contribution >= 4 is 33.2 Å². The van der Waals surface area contributed by atoms with Crippen molar-refractivity contribution in [2.75, 3.05) is 6.54 Å². The fourth-order valence-corrected chi connectivity index (χ4v) is 4.78. The summed E-state index contributed by atoms with van der Waals surface area (Å²) in [6, 6.07) is 13.7. The Labute approximate surface area is 153 Å². The quantitative estimate of drug-likeness (QED) is 0.731. The minimum atomic E-state index is -3.53. The van der Waals surface area contributed by atoms with Crippen molar-refractivity contribution in [3.8, 4) is 0 Å². The first kappa shape index (κ1) is 18.0. The molecule has 1 aliphatic rings. The van der Waals surface area contributed by atoms with Gasteiger partial charge in [-0.15, -0.1) is 12.4 Å². The molecule has 2 aromatic carbocycles. The van der Waals surface area contributed by atoms with Crippen molar-refractivity contribution in [1.29, 1.82) is 0 Å². The molecule has 0 spiro atoms. The Morgan fingerprint density at radius 3 is 2.48 bits per heavy atom. The van der Waals surface area contributed by atoms with Gasteiger partial charge in [0.25, 0.3) is 0 Å². The van der Waals surface area contributed by atoms with Gasteiger partial charge in [-0.05, 0) is 44.2 Å². The van der Waals surface area contributed by atoms with Gasteiger partial charge >= 0.3 is 0 Å². The predicted octanol–water partition coefficient (Wildman–Crippen LogP) is 4.07. The maximum absolute atomic E-state index is 12.9. The summed E-state index contributed by atoms with van der Waals surface area (Å²) in [4.78, 5) is 0.602. The number of halogens is 1. The molecule has 0 bridgehead atoms. The van der Waals surface area contributed by atoms with Crippen LogP contribution in [0.4, 0.5) is 0 Å². The molecule has 0 aliphatic carbocycles. The second kappa shape index (κ2) is 6.16. The molecular weight excluding hydrogens is 358 g/mol. The average Bonchev–Trinajstić information content (AvgIpc) is 2.94. The second-order valence-corrected chi connectivity index (χ2v) is 8.63. The van der Waals surface area contributed by atoms with Gasteiger partial charge in [0.05, 0.1) is 9.79 Å². The van der Waals surface area contributed by atoms with Gasteiger partial charge in [-0.3, -0.25) is 0 Å². The van der Waals surface area contributed by atoms with Crippen LogP contribution in [-0.4, -0.2) is 15.0 Å². The Bertz CT molecular complexity index is 1020. The zero-order chi connectivity index (χ0) is 16.9. The molecule has 1 aromatic heterocycles. The molecular formula is C19H20ClNO3S. The number of hydrogen-bond donors (Lipinski definition) is 1. The van der Waals surface area contributed by atoms with Gasteiger partial charge in [0.1, 0.15) is 11.3 Å². The fraction of sp³-hybridized carbons (Fsp3) is 0.263. The van der Waals surface area contributed by atoms with Gasteiger partial charge in [0.15, 0.2) is 0 Å². The van der Waals surface area contributed by atoms with Crippen LogP contribution in [0.25, 0.3) is 11.0 Å². The topological polar surface area (TPSA) is 59.3 Å². The molecule has 25 heavy (non-hydrogen) atoms. The normalized spacial score (nSPS) is 16.2. The Hall–Kier alpha value is -1.82. The van der Waals surface area contributed by atoms with Crippen molar-refractivity contribution < 1.29 is 12.8 Å². The number of fused-ring (bicyclic) bond motifs is 3. The van der Waals surface area contributed by atoms with E-state index in [1.165, 1.54) is 0 Å². The minimum Gasteiger partial charge on any atom is -0.461 e. The molecule has 1 aliphatic heterocycles. The summed E-state index contributed by atoms with van der Waals surface area (Å²) in [5, 5.41) is 4.35. The van der Waals surface area contributed by atoms with E-state index in [2.05, 4.69) is 19.2 Å². The SMILES string of the molecule is CC1(C)NCCc2oc3ccc(S(=O)(=O)c4ccccc4)cc3c21.Cl. The van der Waals surface area contributed by atoms with Crippen LogP contribution in [-0.2, 0) is 21.8 Å². The molecule has 0 saturated carbocycles. The van der Waals surface area contributed by atoms with Crippen LogP contribution in [0.3, 0.4) is 0 Å². The number of hydrogen-bond acceptors (Lipinski definition) is 4. The summed E-state index contributed by atoms with van der Waals surface area (Å²) in [6.45, 7) is 5.05. The van der Waals surface area contributed by atoms with Gasteiger partial charge in [0, 0.05) is 29.5 Å². The number of sulfone groups is 1. The van der Waals surface area contributed by atoms with Gasteiger partial charge in [-0.2, -0.15) is 0 Å². The zero-order valence-electron chi connectivity index (χ0n) is 14.1. The van der Waals surface area contributed by atoms with Crippen LogP contribution in [0.5, 0.6) is 0 Å². The summed E-state index contributed by atoms with van der Waals surface area (Å²) < 4.78 is 31.7. The monoisotopic (exact) mass is 377 g/mol. The zero-order valence-corrected chi connectivity index (χ0v) is 15.7. The molecule has 6 heteroatoms. The van der Waals surface area contributed by atoms with E-state index in [0.29, 0.717) is 9.79 Å². The third-order valence-corrected chi connectivity index (χ3v) is 6.41. The van der Waals surface area contributed by atoms with Crippen LogP contribution in [0.2, 0.25) is 0 Å². The van der Waals surface area contributed by atoms with Crippen LogP contribution in [0.1, 0.15) is 25.2 Å². The largest absolute Gasteiger partial charge is 0.461 e. The molecule has 1 N–H and O–H groups in total.